The fraction of sp³-hybridized carbons (Fsp3) is 0.455. The Kier molecular flexibility index (Phi) is 7.52. The summed E-state index contributed by atoms with van der Waals surface area (Å²) in [7, 11) is 1.58. The number of halogens is 3. The van der Waals surface area contributed by atoms with Crippen molar-refractivity contribution in [3.05, 3.63) is 46.5 Å². The smallest absolute Gasteiger partial charge is 0.435 e. The second-order valence-corrected chi connectivity index (χ2v) is 7.59. The van der Waals surface area contributed by atoms with Crippen molar-refractivity contribution in [2.75, 3.05) is 20.3 Å². The van der Waals surface area contributed by atoms with E-state index in [0.29, 0.717) is 43.1 Å². The average molecular weight is 467 g/mol. The van der Waals surface area contributed by atoms with Crippen molar-refractivity contribution in [2.24, 2.45) is 0 Å². The van der Waals surface area contributed by atoms with Crippen LogP contribution in [0.25, 0.3) is 5.76 Å². The average Bonchev–Trinajstić information content (AvgIpc) is 3.18. The Morgan fingerprint density at radius 3 is 2.55 bits per heavy atom. The molecule has 33 heavy (non-hydrogen) atoms. The van der Waals surface area contributed by atoms with E-state index in [2.05, 4.69) is 10.1 Å². The summed E-state index contributed by atoms with van der Waals surface area (Å²) in [5.74, 6) is -1.83. The van der Waals surface area contributed by atoms with Crippen molar-refractivity contribution in [3.8, 4) is 5.75 Å². The molecular weight excluding hydrogens is 443 g/mol. The number of ether oxygens (including phenoxy) is 2. The van der Waals surface area contributed by atoms with E-state index in [1.165, 1.54) is 6.20 Å². The Balaban J connectivity index is 1.94. The molecule has 3 rings (SSSR count). The maximum Gasteiger partial charge on any atom is 0.435 e. The minimum absolute atomic E-state index is 0.0130. The summed E-state index contributed by atoms with van der Waals surface area (Å²) >= 11 is 0. The van der Waals surface area contributed by atoms with Crippen LogP contribution in [-0.2, 0) is 27.0 Å². The summed E-state index contributed by atoms with van der Waals surface area (Å²) in [5.41, 5.74) is -1.67. The molecule has 1 fully saturated rings. The van der Waals surface area contributed by atoms with Crippen LogP contribution in [0.4, 0.5) is 13.2 Å². The van der Waals surface area contributed by atoms with Gasteiger partial charge in [0.2, 0.25) is 0 Å². The molecule has 0 unspecified atom stereocenters. The number of aromatic nitrogens is 3. The van der Waals surface area contributed by atoms with Crippen LogP contribution < -0.4 is 4.74 Å². The third kappa shape index (κ3) is 5.59. The summed E-state index contributed by atoms with van der Waals surface area (Å²) < 4.78 is 52.6. The first-order chi connectivity index (χ1) is 15.6. The molecule has 2 heterocycles. The van der Waals surface area contributed by atoms with E-state index >= 15 is 0 Å². The third-order valence-corrected chi connectivity index (χ3v) is 5.21. The number of ketones is 2. The first-order valence-corrected chi connectivity index (χ1v) is 10.3. The molecule has 8 nitrogen and oxygen atoms in total. The molecule has 1 N–H and O–H groups in total. The minimum Gasteiger partial charge on any atom is -0.506 e. The van der Waals surface area contributed by atoms with Gasteiger partial charge in [-0.25, -0.2) is 0 Å². The molecular formula is C22H24F3N3O5. The normalized spacial score (nSPS) is 14.6. The van der Waals surface area contributed by atoms with Gasteiger partial charge in [0.1, 0.15) is 17.1 Å². The lowest BCUT2D eigenvalue weighted by molar-refractivity contribution is -0.142. The third-order valence-electron chi connectivity index (χ3n) is 5.21. The number of nitrogens with zero attached hydrogens (tertiary/aromatic N) is 3. The summed E-state index contributed by atoms with van der Waals surface area (Å²) in [4.78, 5) is 28.4. The molecule has 11 heteroatoms. The first kappa shape index (κ1) is 24.4. The van der Waals surface area contributed by atoms with Gasteiger partial charge >= 0.3 is 6.18 Å². The van der Waals surface area contributed by atoms with E-state index in [1.54, 1.807) is 20.1 Å². The number of pyridine rings is 1. The molecule has 1 aliphatic carbocycles. The monoisotopic (exact) mass is 467 g/mol. The van der Waals surface area contributed by atoms with E-state index in [-0.39, 0.29) is 19.4 Å². The molecule has 178 valence electrons. The van der Waals surface area contributed by atoms with Crippen molar-refractivity contribution in [3.63, 3.8) is 0 Å². The molecule has 1 aliphatic rings. The van der Waals surface area contributed by atoms with Crippen molar-refractivity contribution >= 4 is 17.3 Å². The molecule has 0 spiro atoms. The van der Waals surface area contributed by atoms with Gasteiger partial charge in [-0.05, 0) is 19.4 Å². The van der Waals surface area contributed by atoms with E-state index in [9.17, 15) is 27.9 Å². The number of methoxy groups -OCH3 is 1. The molecule has 0 saturated heterocycles. The lowest BCUT2D eigenvalue weighted by Crippen LogP contribution is -2.21. The van der Waals surface area contributed by atoms with Gasteiger partial charge in [0, 0.05) is 50.9 Å². The SMILES string of the molecule is COCCCOc1ccnc(Cn2cc(C(O)=C3C(=O)CCCC3=O)c(C(F)(F)F)n2)c1C. The number of aliphatic hydroxyl groups excluding tert-OH is 1. The number of Topliss-reactive ketones (excluding diaryl/α,β-unsaturated/α-hetero) is 2. The van der Waals surface area contributed by atoms with E-state index in [1.807, 2.05) is 0 Å². The number of rotatable bonds is 8. The fourth-order valence-corrected chi connectivity index (χ4v) is 3.51. The second kappa shape index (κ2) is 10.2. The highest BCUT2D eigenvalue weighted by Gasteiger charge is 2.40. The van der Waals surface area contributed by atoms with Gasteiger partial charge in [-0.1, -0.05) is 0 Å². The standard InChI is InChI=1S/C22H24F3N3O5/c1-13-15(26-8-7-18(13)33-10-4-9-32-2)12-28-11-14(21(27-28)22(23,24)25)20(31)19-16(29)5-3-6-17(19)30/h7-8,11,31H,3-6,9-10,12H2,1-2H3. The van der Waals surface area contributed by atoms with Gasteiger partial charge in [-0.3, -0.25) is 19.3 Å². The molecule has 0 aliphatic heterocycles. The largest absolute Gasteiger partial charge is 0.506 e. The zero-order chi connectivity index (χ0) is 24.2. The van der Waals surface area contributed by atoms with E-state index < -0.39 is 40.3 Å². The van der Waals surface area contributed by atoms with Gasteiger partial charge in [0.25, 0.3) is 0 Å². The van der Waals surface area contributed by atoms with Gasteiger partial charge < -0.3 is 14.6 Å². The zero-order valence-electron chi connectivity index (χ0n) is 18.2. The highest BCUT2D eigenvalue weighted by molar-refractivity contribution is 6.25. The van der Waals surface area contributed by atoms with Crippen molar-refractivity contribution in [1.29, 1.82) is 0 Å². The topological polar surface area (TPSA) is 104 Å². The number of alkyl halides is 3. The Bertz CT molecular complexity index is 1060. The molecule has 0 bridgehead atoms. The second-order valence-electron chi connectivity index (χ2n) is 7.59. The molecule has 2 aromatic rings. The number of hydrogen-bond donors (Lipinski definition) is 1. The Hall–Kier alpha value is -3.21. The fourth-order valence-electron chi connectivity index (χ4n) is 3.51. The van der Waals surface area contributed by atoms with Crippen LogP contribution in [0.1, 0.15) is 48.2 Å². The maximum absolute atomic E-state index is 13.6. The van der Waals surface area contributed by atoms with E-state index in [0.717, 1.165) is 10.9 Å². The Morgan fingerprint density at radius 1 is 1.21 bits per heavy atom. The van der Waals surface area contributed by atoms with Crippen LogP contribution in [0.15, 0.2) is 24.0 Å². The summed E-state index contributed by atoms with van der Waals surface area (Å²) in [6.07, 6.45) is -1.53. The van der Waals surface area contributed by atoms with Gasteiger partial charge in [0.05, 0.1) is 24.4 Å². The quantitative estimate of drug-likeness (QED) is 0.274. The summed E-state index contributed by atoms with van der Waals surface area (Å²) in [6.45, 7) is 2.50. The van der Waals surface area contributed by atoms with Crippen molar-refractivity contribution in [1.82, 2.24) is 14.8 Å². The van der Waals surface area contributed by atoms with Crippen LogP contribution >= 0.6 is 0 Å². The molecule has 0 radical (unpaired) electrons. The first-order valence-electron chi connectivity index (χ1n) is 10.3. The van der Waals surface area contributed by atoms with Crippen molar-refractivity contribution < 1.29 is 37.3 Å². The highest BCUT2D eigenvalue weighted by atomic mass is 19.4. The van der Waals surface area contributed by atoms with Crippen LogP contribution in [-0.4, -0.2) is 51.8 Å². The van der Waals surface area contributed by atoms with Gasteiger partial charge in [0.15, 0.2) is 17.3 Å². The summed E-state index contributed by atoms with van der Waals surface area (Å²) in [5, 5.41) is 14.1. The zero-order valence-corrected chi connectivity index (χ0v) is 18.2. The van der Waals surface area contributed by atoms with Crippen molar-refractivity contribution in [2.45, 2.75) is 45.3 Å². The molecule has 2 aromatic heterocycles. The van der Waals surface area contributed by atoms with Crippen LogP contribution in [0, 0.1) is 6.92 Å². The van der Waals surface area contributed by atoms with Gasteiger partial charge in [-0.15, -0.1) is 0 Å². The van der Waals surface area contributed by atoms with Gasteiger partial charge in [-0.2, -0.15) is 18.3 Å². The number of aliphatic hydroxyl groups is 1. The lowest BCUT2D eigenvalue weighted by Gasteiger charge is -2.14. The Labute approximate surface area is 188 Å². The molecule has 1 saturated carbocycles. The summed E-state index contributed by atoms with van der Waals surface area (Å²) in [6, 6.07) is 1.65. The molecule has 0 atom stereocenters. The molecule has 0 amide bonds. The van der Waals surface area contributed by atoms with Crippen LogP contribution in [0.5, 0.6) is 5.75 Å². The lowest BCUT2D eigenvalue weighted by atomic mass is 9.90. The van der Waals surface area contributed by atoms with Crippen LogP contribution in [0.2, 0.25) is 0 Å². The molecule has 0 aromatic carbocycles. The van der Waals surface area contributed by atoms with Crippen LogP contribution in [0.3, 0.4) is 0 Å². The number of hydrogen-bond acceptors (Lipinski definition) is 7. The minimum atomic E-state index is -4.91. The highest BCUT2D eigenvalue weighted by Crippen LogP contribution is 2.35. The predicted octanol–water partition coefficient (Wildman–Crippen LogP) is 3.66. The Morgan fingerprint density at radius 2 is 1.91 bits per heavy atom. The predicted molar refractivity (Wildman–Crippen MR) is 111 cm³/mol. The van der Waals surface area contributed by atoms with E-state index in [4.69, 9.17) is 9.47 Å². The maximum atomic E-state index is 13.6. The number of carbonyl (C=O) groups excluding carboxylic acids is 2. The number of allylic oxidation sites excluding steroid dienone is 1. The number of carbonyl (C=O) groups is 2.